The van der Waals surface area contributed by atoms with E-state index in [-0.39, 0.29) is 34.5 Å². The Labute approximate surface area is 191 Å². The molecule has 3 aromatic rings. The molecule has 0 saturated heterocycles. The van der Waals surface area contributed by atoms with E-state index in [0.29, 0.717) is 17.7 Å². The number of nitrogens with one attached hydrogen (secondary N) is 1. The molecule has 0 atom stereocenters. The summed E-state index contributed by atoms with van der Waals surface area (Å²) in [5.74, 6) is -0.623. The molecule has 2 heterocycles. The summed E-state index contributed by atoms with van der Waals surface area (Å²) in [5.41, 5.74) is 0.114. The van der Waals surface area contributed by atoms with E-state index < -0.39 is 17.6 Å². The SMILES string of the molecule is CN(CCn1c(Cl)c(Cl)c(C(=O)Nc2cccnc2)c1C=O)c1ccc(C(F)(F)F)cc1. The summed E-state index contributed by atoms with van der Waals surface area (Å²) in [5, 5.41) is 2.53. The van der Waals surface area contributed by atoms with Crippen molar-refractivity contribution in [2.75, 3.05) is 23.8 Å². The minimum atomic E-state index is -4.42. The Balaban J connectivity index is 1.79. The normalized spacial score (nSPS) is 11.3. The van der Waals surface area contributed by atoms with Crippen molar-refractivity contribution in [3.8, 4) is 0 Å². The molecule has 0 unspecified atom stereocenters. The number of halogens is 5. The molecular formula is C21H17Cl2F3N4O2. The molecule has 0 aliphatic carbocycles. The van der Waals surface area contributed by atoms with Crippen LogP contribution in [-0.2, 0) is 12.7 Å². The van der Waals surface area contributed by atoms with Crippen LogP contribution in [0.3, 0.4) is 0 Å². The minimum absolute atomic E-state index is 0.00548. The number of nitrogens with zero attached hydrogens (tertiary/aromatic N) is 3. The van der Waals surface area contributed by atoms with E-state index >= 15 is 0 Å². The molecule has 0 bridgehead atoms. The lowest BCUT2D eigenvalue weighted by Crippen LogP contribution is -2.24. The Morgan fingerprint density at radius 3 is 2.47 bits per heavy atom. The van der Waals surface area contributed by atoms with Gasteiger partial charge in [0.1, 0.15) is 5.15 Å². The van der Waals surface area contributed by atoms with Crippen molar-refractivity contribution < 1.29 is 22.8 Å². The van der Waals surface area contributed by atoms with Gasteiger partial charge < -0.3 is 14.8 Å². The van der Waals surface area contributed by atoms with Gasteiger partial charge in [0.15, 0.2) is 6.29 Å². The number of anilines is 2. The van der Waals surface area contributed by atoms with Crippen molar-refractivity contribution in [2.45, 2.75) is 12.7 Å². The van der Waals surface area contributed by atoms with Crippen molar-refractivity contribution in [3.05, 3.63) is 75.8 Å². The van der Waals surface area contributed by atoms with Crippen LogP contribution in [0.1, 0.15) is 26.4 Å². The molecule has 1 N–H and O–H groups in total. The topological polar surface area (TPSA) is 67.2 Å². The molecule has 6 nitrogen and oxygen atoms in total. The number of likely N-dealkylation sites (N-methyl/N-ethyl adjacent to an activating group) is 1. The van der Waals surface area contributed by atoms with Crippen LogP contribution in [0.4, 0.5) is 24.5 Å². The van der Waals surface area contributed by atoms with Gasteiger partial charge in [0.2, 0.25) is 0 Å². The number of alkyl halides is 3. The van der Waals surface area contributed by atoms with E-state index in [4.69, 9.17) is 23.2 Å². The monoisotopic (exact) mass is 484 g/mol. The predicted octanol–water partition coefficient (Wildman–Crippen LogP) is 5.41. The number of rotatable bonds is 7. The fourth-order valence-electron chi connectivity index (χ4n) is 3.05. The van der Waals surface area contributed by atoms with Crippen LogP contribution in [0, 0.1) is 0 Å². The van der Waals surface area contributed by atoms with Crippen LogP contribution < -0.4 is 10.2 Å². The number of pyridine rings is 1. The standard InChI is InChI=1S/C21H17Cl2F3N4O2/c1-29(15-6-4-13(5-7-15)21(24,25)26)9-10-30-16(12-31)17(18(22)19(30)23)20(32)28-14-3-2-8-27-11-14/h2-8,11-12H,9-10H2,1H3,(H,28,32). The summed E-state index contributed by atoms with van der Waals surface area (Å²) in [6.07, 6.45) is -0.962. The Morgan fingerprint density at radius 2 is 1.91 bits per heavy atom. The number of aldehydes is 1. The molecule has 32 heavy (non-hydrogen) atoms. The maximum absolute atomic E-state index is 12.7. The van der Waals surface area contributed by atoms with Crippen LogP contribution in [0.2, 0.25) is 10.2 Å². The number of carbonyl (C=O) groups excluding carboxylic acids is 2. The molecule has 0 aliphatic heterocycles. The molecule has 1 amide bonds. The summed E-state index contributed by atoms with van der Waals surface area (Å²) in [7, 11) is 1.68. The maximum Gasteiger partial charge on any atom is 0.416 e. The second kappa shape index (κ2) is 9.62. The third kappa shape index (κ3) is 5.05. The fraction of sp³-hybridized carbons (Fsp3) is 0.190. The second-order valence-electron chi connectivity index (χ2n) is 6.80. The third-order valence-corrected chi connectivity index (χ3v) is 5.59. The van der Waals surface area contributed by atoms with Crippen molar-refractivity contribution in [3.63, 3.8) is 0 Å². The lowest BCUT2D eigenvalue weighted by Gasteiger charge is -2.21. The van der Waals surface area contributed by atoms with Crippen molar-refractivity contribution in [2.24, 2.45) is 0 Å². The minimum Gasteiger partial charge on any atom is -0.373 e. The molecule has 3 rings (SSSR count). The Morgan fingerprint density at radius 1 is 1.22 bits per heavy atom. The van der Waals surface area contributed by atoms with Gasteiger partial charge in [0.05, 0.1) is 33.7 Å². The molecule has 168 valence electrons. The molecule has 0 saturated carbocycles. The Hall–Kier alpha value is -3.04. The van der Waals surface area contributed by atoms with Gasteiger partial charge in [-0.3, -0.25) is 14.6 Å². The molecule has 2 aromatic heterocycles. The largest absolute Gasteiger partial charge is 0.416 e. The summed E-state index contributed by atoms with van der Waals surface area (Å²) < 4.78 is 39.6. The summed E-state index contributed by atoms with van der Waals surface area (Å²) >= 11 is 12.5. The number of hydrogen-bond acceptors (Lipinski definition) is 4. The van der Waals surface area contributed by atoms with Gasteiger partial charge in [-0.05, 0) is 36.4 Å². The molecule has 0 spiro atoms. The van der Waals surface area contributed by atoms with Gasteiger partial charge >= 0.3 is 6.18 Å². The summed E-state index contributed by atoms with van der Waals surface area (Å²) in [6, 6.07) is 7.93. The van der Waals surface area contributed by atoms with E-state index in [0.717, 1.165) is 12.1 Å². The highest BCUT2D eigenvalue weighted by Gasteiger charge is 2.30. The average molecular weight is 485 g/mol. The van der Waals surface area contributed by atoms with E-state index in [1.54, 1.807) is 30.3 Å². The highest BCUT2D eigenvalue weighted by molar-refractivity contribution is 6.44. The molecule has 0 fully saturated rings. The average Bonchev–Trinajstić information content (AvgIpc) is 3.01. The highest BCUT2D eigenvalue weighted by atomic mass is 35.5. The number of aromatic nitrogens is 2. The summed E-state index contributed by atoms with van der Waals surface area (Å²) in [6.45, 7) is 0.435. The van der Waals surface area contributed by atoms with Crippen LogP contribution >= 0.6 is 23.2 Å². The lowest BCUT2D eigenvalue weighted by atomic mass is 10.2. The van der Waals surface area contributed by atoms with Crippen molar-refractivity contribution >= 4 is 46.8 Å². The van der Waals surface area contributed by atoms with Gasteiger partial charge in [-0.2, -0.15) is 13.2 Å². The quantitative estimate of drug-likeness (QED) is 0.455. The zero-order chi connectivity index (χ0) is 23.5. The van der Waals surface area contributed by atoms with Gasteiger partial charge in [-0.15, -0.1) is 0 Å². The first-order valence-corrected chi connectivity index (χ1v) is 10.0. The smallest absolute Gasteiger partial charge is 0.373 e. The Bertz CT molecular complexity index is 1120. The van der Waals surface area contributed by atoms with E-state index in [1.807, 2.05) is 0 Å². The van der Waals surface area contributed by atoms with Crippen LogP contribution in [0.5, 0.6) is 0 Å². The number of hydrogen-bond donors (Lipinski definition) is 1. The maximum atomic E-state index is 12.7. The third-order valence-electron chi connectivity index (χ3n) is 4.74. The van der Waals surface area contributed by atoms with Crippen LogP contribution in [-0.4, -0.2) is 35.3 Å². The van der Waals surface area contributed by atoms with E-state index in [1.165, 1.54) is 22.9 Å². The van der Waals surface area contributed by atoms with Gasteiger partial charge in [0, 0.05) is 32.0 Å². The fourth-order valence-corrected chi connectivity index (χ4v) is 3.60. The first kappa shape index (κ1) is 23.6. The first-order chi connectivity index (χ1) is 15.1. The second-order valence-corrected chi connectivity index (χ2v) is 7.53. The molecule has 0 aliphatic rings. The van der Waals surface area contributed by atoms with Crippen LogP contribution in [0.25, 0.3) is 0 Å². The zero-order valence-electron chi connectivity index (χ0n) is 16.7. The number of amides is 1. The molecule has 1 aromatic carbocycles. The summed E-state index contributed by atoms with van der Waals surface area (Å²) in [4.78, 5) is 30.1. The van der Waals surface area contributed by atoms with Gasteiger partial charge in [0.25, 0.3) is 5.91 Å². The van der Waals surface area contributed by atoms with Gasteiger partial charge in [-0.25, -0.2) is 0 Å². The lowest BCUT2D eigenvalue weighted by molar-refractivity contribution is -0.137. The molecule has 0 radical (unpaired) electrons. The van der Waals surface area contributed by atoms with Crippen molar-refractivity contribution in [1.82, 2.24) is 9.55 Å². The predicted molar refractivity (Wildman–Crippen MR) is 117 cm³/mol. The van der Waals surface area contributed by atoms with Gasteiger partial charge in [-0.1, -0.05) is 23.2 Å². The number of carbonyl (C=O) groups is 2. The highest BCUT2D eigenvalue weighted by Crippen LogP contribution is 2.33. The number of benzene rings is 1. The van der Waals surface area contributed by atoms with Crippen molar-refractivity contribution in [1.29, 1.82) is 0 Å². The first-order valence-electron chi connectivity index (χ1n) is 9.26. The van der Waals surface area contributed by atoms with E-state index in [9.17, 15) is 22.8 Å². The van der Waals surface area contributed by atoms with Crippen LogP contribution in [0.15, 0.2) is 48.8 Å². The van der Waals surface area contributed by atoms with E-state index in [2.05, 4.69) is 10.3 Å². The zero-order valence-corrected chi connectivity index (χ0v) is 18.2. The molecular weight excluding hydrogens is 468 g/mol. The Kier molecular flexibility index (Phi) is 7.10. The molecule has 11 heteroatoms.